The SMILES string of the molecule is COc1ccccc1-c1ncc(CNC(C)(C)C)s1. The first-order chi connectivity index (χ1) is 8.99. The first-order valence-corrected chi connectivity index (χ1v) is 7.14. The highest BCUT2D eigenvalue weighted by Crippen LogP contribution is 2.32. The van der Waals surface area contributed by atoms with Gasteiger partial charge in [0, 0.05) is 23.2 Å². The molecule has 0 spiro atoms. The number of thiazole rings is 1. The zero-order valence-electron chi connectivity index (χ0n) is 11.9. The summed E-state index contributed by atoms with van der Waals surface area (Å²) in [6.45, 7) is 7.33. The summed E-state index contributed by atoms with van der Waals surface area (Å²) in [4.78, 5) is 5.73. The Morgan fingerprint density at radius 2 is 2.00 bits per heavy atom. The van der Waals surface area contributed by atoms with E-state index >= 15 is 0 Å². The third-order valence-corrected chi connectivity index (χ3v) is 3.71. The Labute approximate surface area is 118 Å². The molecule has 0 fully saturated rings. The molecule has 1 aromatic carbocycles. The van der Waals surface area contributed by atoms with Crippen molar-refractivity contribution in [2.75, 3.05) is 7.11 Å². The molecule has 0 radical (unpaired) electrons. The maximum atomic E-state index is 5.37. The summed E-state index contributed by atoms with van der Waals surface area (Å²) in [5, 5.41) is 4.47. The molecule has 0 atom stereocenters. The van der Waals surface area contributed by atoms with E-state index in [0.717, 1.165) is 22.9 Å². The van der Waals surface area contributed by atoms with Crippen LogP contribution in [0.15, 0.2) is 30.5 Å². The van der Waals surface area contributed by atoms with E-state index in [1.807, 2.05) is 30.5 Å². The molecule has 2 rings (SSSR count). The Bertz CT molecular complexity index is 543. The molecule has 1 heterocycles. The minimum absolute atomic E-state index is 0.120. The third kappa shape index (κ3) is 3.78. The van der Waals surface area contributed by atoms with Crippen molar-refractivity contribution in [3.05, 3.63) is 35.3 Å². The summed E-state index contributed by atoms with van der Waals surface area (Å²) in [5.41, 5.74) is 1.17. The minimum Gasteiger partial charge on any atom is -0.496 e. The standard InChI is InChI=1S/C15H20N2OS/c1-15(2,3)17-10-11-9-16-14(19-11)12-7-5-6-8-13(12)18-4/h5-9,17H,10H2,1-4H3. The van der Waals surface area contributed by atoms with Crippen LogP contribution in [-0.4, -0.2) is 17.6 Å². The molecule has 0 unspecified atom stereocenters. The quantitative estimate of drug-likeness (QED) is 0.924. The number of nitrogens with one attached hydrogen (secondary N) is 1. The van der Waals surface area contributed by atoms with Crippen LogP contribution in [0, 0.1) is 0 Å². The number of benzene rings is 1. The fourth-order valence-corrected chi connectivity index (χ4v) is 2.57. The molecule has 3 nitrogen and oxygen atoms in total. The fraction of sp³-hybridized carbons (Fsp3) is 0.400. The van der Waals surface area contributed by atoms with Gasteiger partial charge in [-0.25, -0.2) is 4.98 Å². The van der Waals surface area contributed by atoms with Gasteiger partial charge in [0.05, 0.1) is 12.7 Å². The number of methoxy groups -OCH3 is 1. The van der Waals surface area contributed by atoms with Crippen LogP contribution in [0.5, 0.6) is 5.75 Å². The van der Waals surface area contributed by atoms with E-state index in [9.17, 15) is 0 Å². The van der Waals surface area contributed by atoms with Gasteiger partial charge >= 0.3 is 0 Å². The maximum absolute atomic E-state index is 5.37. The summed E-state index contributed by atoms with van der Waals surface area (Å²) in [6, 6.07) is 7.98. The highest BCUT2D eigenvalue weighted by molar-refractivity contribution is 7.15. The van der Waals surface area contributed by atoms with Gasteiger partial charge in [0.1, 0.15) is 10.8 Å². The molecule has 102 valence electrons. The Morgan fingerprint density at radius 1 is 1.26 bits per heavy atom. The van der Waals surface area contributed by atoms with Gasteiger partial charge in [0.15, 0.2) is 0 Å². The van der Waals surface area contributed by atoms with Crippen LogP contribution in [0.4, 0.5) is 0 Å². The third-order valence-electron chi connectivity index (χ3n) is 2.68. The molecule has 4 heteroatoms. The predicted octanol–water partition coefficient (Wildman–Crippen LogP) is 3.71. The van der Waals surface area contributed by atoms with Gasteiger partial charge in [0.2, 0.25) is 0 Å². The Balaban J connectivity index is 2.17. The van der Waals surface area contributed by atoms with Crippen molar-refractivity contribution in [2.24, 2.45) is 0 Å². The number of hydrogen-bond acceptors (Lipinski definition) is 4. The lowest BCUT2D eigenvalue weighted by molar-refractivity contribution is 0.416. The number of hydrogen-bond donors (Lipinski definition) is 1. The fourth-order valence-electron chi connectivity index (χ4n) is 1.69. The molecule has 2 aromatic rings. The van der Waals surface area contributed by atoms with E-state index in [1.54, 1.807) is 18.4 Å². The topological polar surface area (TPSA) is 34.1 Å². The molecule has 0 saturated heterocycles. The van der Waals surface area contributed by atoms with E-state index in [-0.39, 0.29) is 5.54 Å². The van der Waals surface area contributed by atoms with E-state index in [0.29, 0.717) is 0 Å². The zero-order valence-corrected chi connectivity index (χ0v) is 12.7. The largest absolute Gasteiger partial charge is 0.496 e. The molecule has 1 N–H and O–H groups in total. The first kappa shape index (κ1) is 14.0. The van der Waals surface area contributed by atoms with Crippen LogP contribution < -0.4 is 10.1 Å². The molecule has 0 saturated carbocycles. The van der Waals surface area contributed by atoms with Crippen LogP contribution in [-0.2, 0) is 6.54 Å². The molecular weight excluding hydrogens is 256 g/mol. The normalized spacial score (nSPS) is 11.6. The highest BCUT2D eigenvalue weighted by Gasteiger charge is 2.12. The number of nitrogens with zero attached hydrogens (tertiary/aromatic N) is 1. The molecule has 19 heavy (non-hydrogen) atoms. The van der Waals surface area contributed by atoms with Gasteiger partial charge in [0.25, 0.3) is 0 Å². The first-order valence-electron chi connectivity index (χ1n) is 6.33. The lowest BCUT2D eigenvalue weighted by atomic mass is 10.1. The second-order valence-electron chi connectivity index (χ2n) is 5.44. The van der Waals surface area contributed by atoms with Crippen LogP contribution >= 0.6 is 11.3 Å². The van der Waals surface area contributed by atoms with E-state index < -0.39 is 0 Å². The zero-order chi connectivity index (χ0) is 13.9. The number of ether oxygens (including phenoxy) is 1. The summed E-state index contributed by atoms with van der Waals surface area (Å²) >= 11 is 1.70. The van der Waals surface area contributed by atoms with Crippen molar-refractivity contribution in [1.82, 2.24) is 10.3 Å². The molecule has 0 amide bonds. The van der Waals surface area contributed by atoms with Crippen LogP contribution in [0.1, 0.15) is 25.6 Å². The Kier molecular flexibility index (Phi) is 4.22. The summed E-state index contributed by atoms with van der Waals surface area (Å²) in [7, 11) is 1.69. The van der Waals surface area contributed by atoms with Crippen LogP contribution in [0.2, 0.25) is 0 Å². The average molecular weight is 276 g/mol. The summed E-state index contributed by atoms with van der Waals surface area (Å²) < 4.78 is 5.37. The summed E-state index contributed by atoms with van der Waals surface area (Å²) in [6.07, 6.45) is 1.94. The van der Waals surface area contributed by atoms with Crippen molar-refractivity contribution in [1.29, 1.82) is 0 Å². The van der Waals surface area contributed by atoms with E-state index in [4.69, 9.17) is 4.74 Å². The smallest absolute Gasteiger partial charge is 0.129 e. The molecule has 0 aliphatic heterocycles. The monoisotopic (exact) mass is 276 g/mol. The Hall–Kier alpha value is -1.39. The van der Waals surface area contributed by atoms with Gasteiger partial charge in [-0.1, -0.05) is 12.1 Å². The predicted molar refractivity (Wildman–Crippen MR) is 80.7 cm³/mol. The van der Waals surface area contributed by atoms with Gasteiger partial charge < -0.3 is 10.1 Å². The van der Waals surface area contributed by atoms with E-state index in [1.165, 1.54) is 4.88 Å². The Morgan fingerprint density at radius 3 is 2.68 bits per heavy atom. The van der Waals surface area contributed by atoms with Gasteiger partial charge in [-0.05, 0) is 32.9 Å². The molecule has 0 bridgehead atoms. The average Bonchev–Trinajstić information content (AvgIpc) is 2.84. The number of para-hydroxylation sites is 1. The molecular formula is C15H20N2OS. The van der Waals surface area contributed by atoms with Gasteiger partial charge in [-0.15, -0.1) is 11.3 Å². The molecule has 0 aliphatic rings. The number of aromatic nitrogens is 1. The lowest BCUT2D eigenvalue weighted by Crippen LogP contribution is -2.34. The van der Waals surface area contributed by atoms with E-state index in [2.05, 4.69) is 31.1 Å². The van der Waals surface area contributed by atoms with Gasteiger partial charge in [-0.3, -0.25) is 0 Å². The highest BCUT2D eigenvalue weighted by atomic mass is 32.1. The summed E-state index contributed by atoms with van der Waals surface area (Å²) in [5.74, 6) is 0.868. The molecule has 1 aromatic heterocycles. The van der Waals surface area contributed by atoms with Crippen molar-refractivity contribution >= 4 is 11.3 Å². The van der Waals surface area contributed by atoms with Crippen molar-refractivity contribution < 1.29 is 4.74 Å². The lowest BCUT2D eigenvalue weighted by Gasteiger charge is -2.19. The second kappa shape index (κ2) is 5.72. The van der Waals surface area contributed by atoms with Crippen molar-refractivity contribution in [3.63, 3.8) is 0 Å². The minimum atomic E-state index is 0.120. The van der Waals surface area contributed by atoms with Crippen LogP contribution in [0.3, 0.4) is 0 Å². The maximum Gasteiger partial charge on any atom is 0.129 e. The van der Waals surface area contributed by atoms with Gasteiger partial charge in [-0.2, -0.15) is 0 Å². The van der Waals surface area contributed by atoms with Crippen LogP contribution in [0.25, 0.3) is 10.6 Å². The second-order valence-corrected chi connectivity index (χ2v) is 6.55. The number of rotatable bonds is 4. The van der Waals surface area contributed by atoms with Crippen molar-refractivity contribution in [2.45, 2.75) is 32.9 Å². The molecule has 0 aliphatic carbocycles. The van der Waals surface area contributed by atoms with Crippen molar-refractivity contribution in [3.8, 4) is 16.3 Å².